The lowest BCUT2D eigenvalue weighted by Gasteiger charge is -2.24. The van der Waals surface area contributed by atoms with E-state index in [1.165, 1.54) is 19.3 Å². The lowest BCUT2D eigenvalue weighted by molar-refractivity contribution is 0.0418. The van der Waals surface area contributed by atoms with Gasteiger partial charge >= 0.3 is 0 Å². The molecule has 0 aromatic heterocycles. The summed E-state index contributed by atoms with van der Waals surface area (Å²) in [6.45, 7) is 13.0. The summed E-state index contributed by atoms with van der Waals surface area (Å²) in [5.41, 5.74) is 0.366. The van der Waals surface area contributed by atoms with Crippen LogP contribution in [0.1, 0.15) is 53.9 Å². The molecule has 13 heavy (non-hydrogen) atoms. The lowest BCUT2D eigenvalue weighted by Crippen LogP contribution is -2.20. The third kappa shape index (κ3) is 8.29. The Kier molecular flexibility index (Phi) is 6.40. The summed E-state index contributed by atoms with van der Waals surface area (Å²) in [6.07, 6.45) is 3.88. The van der Waals surface area contributed by atoms with Gasteiger partial charge in [0.25, 0.3) is 0 Å². The Balaban J connectivity index is 3.50. The molecule has 0 aliphatic carbocycles. The van der Waals surface area contributed by atoms with Crippen LogP contribution >= 0.6 is 0 Å². The summed E-state index contributed by atoms with van der Waals surface area (Å²) < 4.78 is 5.66. The highest BCUT2D eigenvalue weighted by Crippen LogP contribution is 2.23. The Morgan fingerprint density at radius 2 is 1.85 bits per heavy atom. The molecular weight excluding hydrogens is 160 g/mol. The van der Waals surface area contributed by atoms with Crippen molar-refractivity contribution in [1.82, 2.24) is 0 Å². The SMILES string of the molecule is CCCCC(C)(C)COCC(C)C. The average Bonchev–Trinajstić information content (AvgIpc) is 2.00. The van der Waals surface area contributed by atoms with Crippen molar-refractivity contribution >= 4 is 0 Å². The molecule has 0 aromatic carbocycles. The van der Waals surface area contributed by atoms with Gasteiger partial charge in [0.1, 0.15) is 0 Å². The van der Waals surface area contributed by atoms with Crippen LogP contribution in [0.5, 0.6) is 0 Å². The smallest absolute Gasteiger partial charge is 0.0517 e. The van der Waals surface area contributed by atoms with E-state index >= 15 is 0 Å². The molecule has 0 bridgehead atoms. The molecule has 1 nitrogen and oxygen atoms in total. The van der Waals surface area contributed by atoms with Gasteiger partial charge in [-0.05, 0) is 17.8 Å². The van der Waals surface area contributed by atoms with Crippen LogP contribution in [0.25, 0.3) is 0 Å². The van der Waals surface area contributed by atoms with Gasteiger partial charge in [-0.15, -0.1) is 0 Å². The molecule has 80 valence electrons. The van der Waals surface area contributed by atoms with Crippen LogP contribution in [0.2, 0.25) is 0 Å². The van der Waals surface area contributed by atoms with Gasteiger partial charge in [0.15, 0.2) is 0 Å². The van der Waals surface area contributed by atoms with Crippen molar-refractivity contribution < 1.29 is 4.74 Å². The Morgan fingerprint density at radius 1 is 1.23 bits per heavy atom. The number of unbranched alkanes of at least 4 members (excludes halogenated alkanes) is 1. The Hall–Kier alpha value is -0.0400. The number of ether oxygens (including phenoxy) is 1. The maximum absolute atomic E-state index is 5.66. The minimum Gasteiger partial charge on any atom is -0.381 e. The molecule has 0 aliphatic rings. The van der Waals surface area contributed by atoms with Gasteiger partial charge in [-0.3, -0.25) is 0 Å². The van der Waals surface area contributed by atoms with E-state index in [1.807, 2.05) is 0 Å². The van der Waals surface area contributed by atoms with E-state index in [0.29, 0.717) is 11.3 Å². The monoisotopic (exact) mass is 186 g/mol. The van der Waals surface area contributed by atoms with Gasteiger partial charge in [0, 0.05) is 6.61 Å². The van der Waals surface area contributed by atoms with Crippen molar-refractivity contribution in [2.45, 2.75) is 53.9 Å². The van der Waals surface area contributed by atoms with E-state index in [0.717, 1.165) is 13.2 Å². The summed E-state index contributed by atoms with van der Waals surface area (Å²) >= 11 is 0. The second kappa shape index (κ2) is 6.42. The fraction of sp³-hybridized carbons (Fsp3) is 1.00. The zero-order valence-electron chi connectivity index (χ0n) is 10.0. The molecule has 0 fully saturated rings. The predicted octanol–water partition coefficient (Wildman–Crippen LogP) is 3.88. The van der Waals surface area contributed by atoms with Gasteiger partial charge in [-0.2, -0.15) is 0 Å². The molecule has 0 aliphatic heterocycles. The second-order valence-electron chi connectivity index (χ2n) is 5.18. The first kappa shape index (κ1) is 13.0. The molecule has 0 saturated carbocycles. The highest BCUT2D eigenvalue weighted by Gasteiger charge is 2.17. The minimum absolute atomic E-state index is 0.366. The highest BCUT2D eigenvalue weighted by molar-refractivity contribution is 4.67. The van der Waals surface area contributed by atoms with Crippen molar-refractivity contribution in [3.05, 3.63) is 0 Å². The summed E-state index contributed by atoms with van der Waals surface area (Å²) in [6, 6.07) is 0. The fourth-order valence-corrected chi connectivity index (χ4v) is 1.30. The maximum atomic E-state index is 5.66. The molecule has 0 heterocycles. The van der Waals surface area contributed by atoms with Crippen LogP contribution in [0.4, 0.5) is 0 Å². The van der Waals surface area contributed by atoms with E-state index < -0.39 is 0 Å². The quantitative estimate of drug-likeness (QED) is 0.586. The van der Waals surface area contributed by atoms with Crippen LogP contribution in [-0.4, -0.2) is 13.2 Å². The third-order valence-corrected chi connectivity index (χ3v) is 2.15. The number of hydrogen-bond donors (Lipinski definition) is 0. The summed E-state index contributed by atoms with van der Waals surface area (Å²) in [4.78, 5) is 0. The van der Waals surface area contributed by atoms with Crippen molar-refractivity contribution in [2.24, 2.45) is 11.3 Å². The number of hydrogen-bond acceptors (Lipinski definition) is 1. The summed E-state index contributed by atoms with van der Waals surface area (Å²) in [5.74, 6) is 0.655. The van der Waals surface area contributed by atoms with E-state index in [4.69, 9.17) is 4.74 Å². The first-order valence-electron chi connectivity index (χ1n) is 5.55. The molecule has 0 amide bonds. The lowest BCUT2D eigenvalue weighted by atomic mass is 9.88. The van der Waals surface area contributed by atoms with Crippen LogP contribution in [0.3, 0.4) is 0 Å². The molecule has 0 atom stereocenters. The zero-order valence-corrected chi connectivity index (χ0v) is 10.0. The first-order chi connectivity index (χ1) is 5.98. The summed E-state index contributed by atoms with van der Waals surface area (Å²) in [7, 11) is 0. The normalized spacial score (nSPS) is 12.5. The average molecular weight is 186 g/mol. The molecule has 0 spiro atoms. The van der Waals surface area contributed by atoms with Crippen molar-refractivity contribution in [2.75, 3.05) is 13.2 Å². The van der Waals surface area contributed by atoms with Gasteiger partial charge in [0.05, 0.1) is 6.61 Å². The first-order valence-corrected chi connectivity index (χ1v) is 5.55. The van der Waals surface area contributed by atoms with E-state index in [9.17, 15) is 0 Å². The van der Waals surface area contributed by atoms with Crippen molar-refractivity contribution in [3.8, 4) is 0 Å². The molecule has 0 radical (unpaired) electrons. The molecule has 0 N–H and O–H groups in total. The summed E-state index contributed by atoms with van der Waals surface area (Å²) in [5, 5.41) is 0. The molecule has 0 saturated heterocycles. The van der Waals surface area contributed by atoms with Gasteiger partial charge < -0.3 is 4.74 Å². The molecular formula is C12H26O. The topological polar surface area (TPSA) is 9.23 Å². The predicted molar refractivity (Wildman–Crippen MR) is 59.0 cm³/mol. The van der Waals surface area contributed by atoms with Crippen LogP contribution in [0, 0.1) is 11.3 Å². The number of rotatable bonds is 7. The Morgan fingerprint density at radius 3 is 2.31 bits per heavy atom. The molecule has 1 heteroatoms. The van der Waals surface area contributed by atoms with Crippen molar-refractivity contribution in [1.29, 1.82) is 0 Å². The van der Waals surface area contributed by atoms with E-state index in [-0.39, 0.29) is 0 Å². The van der Waals surface area contributed by atoms with Gasteiger partial charge in [-0.25, -0.2) is 0 Å². The van der Waals surface area contributed by atoms with Crippen LogP contribution in [0.15, 0.2) is 0 Å². The fourth-order valence-electron chi connectivity index (χ4n) is 1.30. The van der Waals surface area contributed by atoms with Gasteiger partial charge in [-0.1, -0.05) is 47.5 Å². The molecule has 0 aromatic rings. The minimum atomic E-state index is 0.366. The molecule has 0 unspecified atom stereocenters. The van der Waals surface area contributed by atoms with Gasteiger partial charge in [0.2, 0.25) is 0 Å². The van der Waals surface area contributed by atoms with E-state index in [2.05, 4.69) is 34.6 Å². The molecule has 0 rings (SSSR count). The highest BCUT2D eigenvalue weighted by atomic mass is 16.5. The Bertz CT molecular complexity index is 116. The standard InChI is InChI=1S/C12H26O/c1-6-7-8-12(4,5)10-13-9-11(2)3/h11H,6-10H2,1-5H3. The maximum Gasteiger partial charge on any atom is 0.0517 e. The largest absolute Gasteiger partial charge is 0.381 e. The zero-order chi connectivity index (χ0) is 10.3. The van der Waals surface area contributed by atoms with Crippen molar-refractivity contribution in [3.63, 3.8) is 0 Å². The van der Waals surface area contributed by atoms with E-state index in [1.54, 1.807) is 0 Å². The van der Waals surface area contributed by atoms with Crippen LogP contribution < -0.4 is 0 Å². The van der Waals surface area contributed by atoms with Crippen LogP contribution in [-0.2, 0) is 4.74 Å². The second-order valence-corrected chi connectivity index (χ2v) is 5.18. The Labute approximate surface area is 83.9 Å². The third-order valence-electron chi connectivity index (χ3n) is 2.15.